The van der Waals surface area contributed by atoms with E-state index in [-0.39, 0.29) is 12.1 Å². The Bertz CT molecular complexity index is 358. The molecule has 0 atom stereocenters. The summed E-state index contributed by atoms with van der Waals surface area (Å²) in [4.78, 5) is 24.7. The van der Waals surface area contributed by atoms with Crippen LogP contribution in [0.25, 0.3) is 0 Å². The Labute approximate surface area is 133 Å². The van der Waals surface area contributed by atoms with E-state index in [1.165, 1.54) is 7.11 Å². The molecule has 1 heterocycles. The fraction of sp³-hybridized carbons (Fsp3) is 0.875. The Balaban J connectivity index is 2.12. The summed E-state index contributed by atoms with van der Waals surface area (Å²) in [7, 11) is 1.41. The molecule has 6 nitrogen and oxygen atoms in total. The van der Waals surface area contributed by atoms with Gasteiger partial charge in [-0.15, -0.1) is 0 Å². The highest BCUT2D eigenvalue weighted by molar-refractivity contribution is 5.69. The number of carbonyl (C=O) groups is 2. The van der Waals surface area contributed by atoms with E-state index in [0.29, 0.717) is 12.3 Å². The van der Waals surface area contributed by atoms with E-state index in [0.717, 1.165) is 45.4 Å². The van der Waals surface area contributed by atoms with Crippen LogP contribution in [0.1, 0.15) is 46.5 Å². The van der Waals surface area contributed by atoms with Crippen LogP contribution in [0.2, 0.25) is 0 Å². The zero-order chi connectivity index (χ0) is 16.6. The van der Waals surface area contributed by atoms with Gasteiger partial charge in [0.25, 0.3) is 0 Å². The summed E-state index contributed by atoms with van der Waals surface area (Å²) in [6.45, 7) is 8.92. The van der Waals surface area contributed by atoms with Crippen LogP contribution in [-0.2, 0) is 14.3 Å². The van der Waals surface area contributed by atoms with Crippen molar-refractivity contribution in [1.82, 2.24) is 10.2 Å². The Morgan fingerprint density at radius 1 is 1.23 bits per heavy atom. The molecule has 22 heavy (non-hydrogen) atoms. The maximum Gasteiger partial charge on any atom is 0.410 e. The lowest BCUT2D eigenvalue weighted by molar-refractivity contribution is -0.140. The molecule has 1 fully saturated rings. The van der Waals surface area contributed by atoms with Crippen molar-refractivity contribution in [2.45, 2.75) is 52.1 Å². The highest BCUT2D eigenvalue weighted by Crippen LogP contribution is 2.19. The predicted octanol–water partition coefficient (Wildman–Crippen LogP) is 2.18. The Morgan fingerprint density at radius 3 is 2.41 bits per heavy atom. The largest absolute Gasteiger partial charge is 0.469 e. The van der Waals surface area contributed by atoms with Crippen LogP contribution in [0.5, 0.6) is 0 Å². The lowest BCUT2D eigenvalue weighted by atomic mass is 9.97. The number of ether oxygens (including phenoxy) is 2. The molecule has 0 saturated carbocycles. The second kappa shape index (κ2) is 8.98. The van der Waals surface area contributed by atoms with E-state index in [1.807, 2.05) is 20.8 Å². The van der Waals surface area contributed by atoms with Crippen LogP contribution >= 0.6 is 0 Å². The van der Waals surface area contributed by atoms with Gasteiger partial charge in [0.1, 0.15) is 5.60 Å². The fourth-order valence-corrected chi connectivity index (χ4v) is 2.41. The van der Waals surface area contributed by atoms with Crippen LogP contribution in [0, 0.1) is 5.92 Å². The Hall–Kier alpha value is -1.30. The van der Waals surface area contributed by atoms with Crippen molar-refractivity contribution < 1.29 is 19.1 Å². The molecule has 0 aromatic carbocycles. The summed E-state index contributed by atoms with van der Waals surface area (Å²) >= 11 is 0. The topological polar surface area (TPSA) is 67.9 Å². The second-order valence-corrected chi connectivity index (χ2v) is 6.79. The number of likely N-dealkylation sites (tertiary alicyclic amines) is 1. The first-order valence-electron chi connectivity index (χ1n) is 8.07. The lowest BCUT2D eigenvalue weighted by Crippen LogP contribution is -2.43. The van der Waals surface area contributed by atoms with Crippen molar-refractivity contribution in [2.24, 2.45) is 5.92 Å². The number of amides is 1. The summed E-state index contributed by atoms with van der Waals surface area (Å²) < 4.78 is 9.99. The molecule has 1 rings (SSSR count). The monoisotopic (exact) mass is 314 g/mol. The Morgan fingerprint density at radius 2 is 1.86 bits per heavy atom. The minimum absolute atomic E-state index is 0.160. The number of esters is 1. The molecule has 1 amide bonds. The zero-order valence-corrected chi connectivity index (χ0v) is 14.3. The molecule has 6 heteroatoms. The molecule has 0 aromatic rings. The van der Waals surface area contributed by atoms with Crippen LogP contribution in [0.4, 0.5) is 4.79 Å². The van der Waals surface area contributed by atoms with Gasteiger partial charge in [-0.25, -0.2) is 4.79 Å². The third-order valence-corrected chi connectivity index (χ3v) is 3.66. The average molecular weight is 314 g/mol. The summed E-state index contributed by atoms with van der Waals surface area (Å²) in [5, 5.41) is 3.37. The third-order valence-electron chi connectivity index (χ3n) is 3.66. The van der Waals surface area contributed by atoms with Crippen molar-refractivity contribution in [2.75, 3.05) is 33.3 Å². The first-order valence-corrected chi connectivity index (χ1v) is 8.07. The molecule has 128 valence electrons. The van der Waals surface area contributed by atoms with E-state index >= 15 is 0 Å². The normalized spacial score (nSPS) is 16.5. The van der Waals surface area contributed by atoms with E-state index in [2.05, 4.69) is 10.1 Å². The number of nitrogens with zero attached hydrogens (tertiary/aromatic N) is 1. The van der Waals surface area contributed by atoms with Gasteiger partial charge in [0.15, 0.2) is 0 Å². The van der Waals surface area contributed by atoms with Gasteiger partial charge < -0.3 is 19.7 Å². The SMILES string of the molecule is COC(=O)CCCNCC1CCN(C(=O)OC(C)(C)C)CC1. The van der Waals surface area contributed by atoms with E-state index in [4.69, 9.17) is 4.74 Å². The molecule has 1 aliphatic heterocycles. The fourth-order valence-electron chi connectivity index (χ4n) is 2.41. The molecule has 0 bridgehead atoms. The molecule has 1 aliphatic rings. The van der Waals surface area contributed by atoms with Gasteiger partial charge in [-0.3, -0.25) is 4.79 Å². The molecule has 0 aromatic heterocycles. The maximum absolute atomic E-state index is 12.0. The van der Waals surface area contributed by atoms with Crippen molar-refractivity contribution in [1.29, 1.82) is 0 Å². The van der Waals surface area contributed by atoms with Crippen molar-refractivity contribution in [3.05, 3.63) is 0 Å². The third kappa shape index (κ3) is 7.64. The van der Waals surface area contributed by atoms with Gasteiger partial charge >= 0.3 is 12.1 Å². The molecule has 1 saturated heterocycles. The first-order chi connectivity index (χ1) is 10.3. The number of nitrogens with one attached hydrogen (secondary N) is 1. The second-order valence-electron chi connectivity index (χ2n) is 6.79. The van der Waals surface area contributed by atoms with E-state index < -0.39 is 5.60 Å². The summed E-state index contributed by atoms with van der Waals surface area (Å²) in [5.41, 5.74) is -0.435. The van der Waals surface area contributed by atoms with Crippen LogP contribution in [-0.4, -0.2) is 55.9 Å². The number of rotatable bonds is 6. The highest BCUT2D eigenvalue weighted by atomic mass is 16.6. The molecular formula is C16H30N2O4. The van der Waals surface area contributed by atoms with Gasteiger partial charge in [0.05, 0.1) is 7.11 Å². The van der Waals surface area contributed by atoms with E-state index in [9.17, 15) is 9.59 Å². The zero-order valence-electron chi connectivity index (χ0n) is 14.3. The smallest absolute Gasteiger partial charge is 0.410 e. The quantitative estimate of drug-likeness (QED) is 0.601. The van der Waals surface area contributed by atoms with Crippen LogP contribution in [0.3, 0.4) is 0 Å². The van der Waals surface area contributed by atoms with Gasteiger partial charge in [-0.2, -0.15) is 0 Å². The number of hydrogen-bond acceptors (Lipinski definition) is 5. The molecule has 0 unspecified atom stereocenters. The minimum Gasteiger partial charge on any atom is -0.469 e. The average Bonchev–Trinajstić information content (AvgIpc) is 2.45. The summed E-state index contributed by atoms with van der Waals surface area (Å²) in [5.74, 6) is 0.421. The lowest BCUT2D eigenvalue weighted by Gasteiger charge is -2.33. The van der Waals surface area contributed by atoms with Gasteiger partial charge in [-0.1, -0.05) is 0 Å². The predicted molar refractivity (Wildman–Crippen MR) is 84.7 cm³/mol. The minimum atomic E-state index is -0.435. The number of hydrogen-bond donors (Lipinski definition) is 1. The standard InChI is InChI=1S/C16H30N2O4/c1-16(2,3)22-15(20)18-10-7-13(8-11-18)12-17-9-5-6-14(19)21-4/h13,17H,5-12H2,1-4H3. The first kappa shape index (κ1) is 18.7. The molecule has 0 aliphatic carbocycles. The van der Waals surface area contributed by atoms with Crippen LogP contribution in [0.15, 0.2) is 0 Å². The van der Waals surface area contributed by atoms with Crippen molar-refractivity contribution in [3.8, 4) is 0 Å². The van der Waals surface area contributed by atoms with Gasteiger partial charge in [0, 0.05) is 19.5 Å². The van der Waals surface area contributed by atoms with Crippen molar-refractivity contribution in [3.63, 3.8) is 0 Å². The van der Waals surface area contributed by atoms with Gasteiger partial charge in [-0.05, 0) is 59.0 Å². The molecule has 1 N–H and O–H groups in total. The Kier molecular flexibility index (Phi) is 7.65. The number of piperidine rings is 1. The number of methoxy groups -OCH3 is 1. The number of carbonyl (C=O) groups excluding carboxylic acids is 2. The van der Waals surface area contributed by atoms with Crippen LogP contribution < -0.4 is 5.32 Å². The molecular weight excluding hydrogens is 284 g/mol. The van der Waals surface area contributed by atoms with Crippen molar-refractivity contribution >= 4 is 12.1 Å². The summed E-state index contributed by atoms with van der Waals surface area (Å²) in [6.07, 6.45) is 3.02. The van der Waals surface area contributed by atoms with E-state index in [1.54, 1.807) is 4.90 Å². The molecule has 0 radical (unpaired) electrons. The highest BCUT2D eigenvalue weighted by Gasteiger charge is 2.26. The van der Waals surface area contributed by atoms with Gasteiger partial charge in [0.2, 0.25) is 0 Å². The maximum atomic E-state index is 12.0. The summed E-state index contributed by atoms with van der Waals surface area (Å²) in [6, 6.07) is 0. The molecule has 0 spiro atoms.